The molecule has 0 radical (unpaired) electrons. The summed E-state index contributed by atoms with van der Waals surface area (Å²) >= 11 is 0. The summed E-state index contributed by atoms with van der Waals surface area (Å²) in [7, 11) is 0. The molecule has 3 rings (SSSR count). The second kappa shape index (κ2) is 5.64. The molecule has 20 heavy (non-hydrogen) atoms. The first-order valence-corrected chi connectivity index (χ1v) is 7.13. The standard InChI is InChI=1S/C16H18N2O2/c19-7-1-2-13-8-14(10-17-9-13)16(20)18(15-5-6-15)11-12-3-4-12/h8-10,12,15,19H,3-7,11H2. The summed E-state index contributed by atoms with van der Waals surface area (Å²) in [5, 5.41) is 8.71. The van der Waals surface area contributed by atoms with Gasteiger partial charge in [-0.2, -0.15) is 0 Å². The molecule has 1 heterocycles. The van der Waals surface area contributed by atoms with Crippen LogP contribution in [0, 0.1) is 17.8 Å². The molecular formula is C16H18N2O2. The van der Waals surface area contributed by atoms with Crippen LogP contribution < -0.4 is 0 Å². The average Bonchev–Trinajstić information content (AvgIpc) is 3.35. The number of aromatic nitrogens is 1. The van der Waals surface area contributed by atoms with E-state index in [1.807, 2.05) is 4.90 Å². The van der Waals surface area contributed by atoms with Crippen LogP contribution in [0.5, 0.6) is 0 Å². The monoisotopic (exact) mass is 270 g/mol. The smallest absolute Gasteiger partial charge is 0.255 e. The van der Waals surface area contributed by atoms with Crippen LogP contribution >= 0.6 is 0 Å². The molecule has 0 atom stereocenters. The van der Waals surface area contributed by atoms with Gasteiger partial charge < -0.3 is 10.0 Å². The van der Waals surface area contributed by atoms with E-state index >= 15 is 0 Å². The van der Waals surface area contributed by atoms with Crippen molar-refractivity contribution >= 4 is 5.91 Å². The molecule has 0 unspecified atom stereocenters. The molecule has 2 aliphatic carbocycles. The van der Waals surface area contributed by atoms with E-state index in [1.165, 1.54) is 12.8 Å². The van der Waals surface area contributed by atoms with Crippen LogP contribution in [0.25, 0.3) is 0 Å². The molecule has 1 aromatic rings. The Morgan fingerprint density at radius 3 is 2.80 bits per heavy atom. The molecule has 2 saturated carbocycles. The maximum absolute atomic E-state index is 12.6. The summed E-state index contributed by atoms with van der Waals surface area (Å²) in [6.07, 6.45) is 7.95. The summed E-state index contributed by atoms with van der Waals surface area (Å²) in [6.45, 7) is 0.699. The van der Waals surface area contributed by atoms with Crippen molar-refractivity contribution < 1.29 is 9.90 Å². The third-order valence-corrected chi connectivity index (χ3v) is 3.70. The van der Waals surface area contributed by atoms with Crippen molar-refractivity contribution in [1.29, 1.82) is 0 Å². The van der Waals surface area contributed by atoms with Crippen molar-refractivity contribution in [3.8, 4) is 11.8 Å². The number of hydrogen-bond acceptors (Lipinski definition) is 3. The maximum atomic E-state index is 12.6. The molecule has 1 N–H and O–H groups in total. The maximum Gasteiger partial charge on any atom is 0.255 e. The molecule has 104 valence electrons. The predicted molar refractivity (Wildman–Crippen MR) is 75.0 cm³/mol. The van der Waals surface area contributed by atoms with Crippen molar-refractivity contribution in [3.05, 3.63) is 29.6 Å². The summed E-state index contributed by atoms with van der Waals surface area (Å²) in [4.78, 5) is 18.7. The molecule has 0 bridgehead atoms. The first-order chi connectivity index (χ1) is 9.78. The lowest BCUT2D eigenvalue weighted by Crippen LogP contribution is -2.35. The summed E-state index contributed by atoms with van der Waals surface area (Å²) in [5.41, 5.74) is 1.27. The van der Waals surface area contributed by atoms with Gasteiger partial charge in [-0.25, -0.2) is 0 Å². The Hall–Kier alpha value is -1.86. The highest BCUT2D eigenvalue weighted by molar-refractivity contribution is 5.94. The van der Waals surface area contributed by atoms with E-state index in [2.05, 4.69) is 16.8 Å². The van der Waals surface area contributed by atoms with Crippen LogP contribution in [0.4, 0.5) is 0 Å². The molecule has 4 nitrogen and oxygen atoms in total. The van der Waals surface area contributed by atoms with Gasteiger partial charge in [0.25, 0.3) is 5.91 Å². The number of carbonyl (C=O) groups excluding carboxylic acids is 1. The molecule has 0 aliphatic heterocycles. The van der Waals surface area contributed by atoms with Gasteiger partial charge in [0.1, 0.15) is 6.61 Å². The van der Waals surface area contributed by atoms with Gasteiger partial charge >= 0.3 is 0 Å². The number of hydrogen-bond donors (Lipinski definition) is 1. The Labute approximate surface area is 118 Å². The minimum Gasteiger partial charge on any atom is -0.384 e. The number of carbonyl (C=O) groups is 1. The predicted octanol–water partition coefficient (Wildman–Crippen LogP) is 1.44. The van der Waals surface area contributed by atoms with Gasteiger partial charge in [0, 0.05) is 30.5 Å². The number of pyridine rings is 1. The Balaban J connectivity index is 1.77. The largest absolute Gasteiger partial charge is 0.384 e. The number of aliphatic hydroxyl groups excluding tert-OH is 1. The summed E-state index contributed by atoms with van der Waals surface area (Å²) < 4.78 is 0. The van der Waals surface area contributed by atoms with Crippen LogP contribution in [-0.2, 0) is 0 Å². The van der Waals surface area contributed by atoms with Gasteiger partial charge in [0.2, 0.25) is 0 Å². The lowest BCUT2D eigenvalue weighted by Gasteiger charge is -2.22. The molecule has 4 heteroatoms. The number of rotatable bonds is 4. The fourth-order valence-electron chi connectivity index (χ4n) is 2.30. The Bertz CT molecular complexity index is 565. The molecule has 0 aromatic carbocycles. The summed E-state index contributed by atoms with van der Waals surface area (Å²) in [5.74, 6) is 6.14. The van der Waals surface area contributed by atoms with Crippen molar-refractivity contribution in [2.75, 3.05) is 13.2 Å². The Morgan fingerprint density at radius 1 is 1.35 bits per heavy atom. The zero-order valence-electron chi connectivity index (χ0n) is 11.4. The van der Waals surface area contributed by atoms with Gasteiger partial charge in [-0.15, -0.1) is 0 Å². The van der Waals surface area contributed by atoms with E-state index in [-0.39, 0.29) is 12.5 Å². The van der Waals surface area contributed by atoms with Crippen LogP contribution in [0.1, 0.15) is 41.6 Å². The number of amides is 1. The molecule has 1 aromatic heterocycles. The third kappa shape index (κ3) is 3.17. The molecule has 2 fully saturated rings. The van der Waals surface area contributed by atoms with E-state index in [0.717, 1.165) is 19.4 Å². The highest BCUT2D eigenvalue weighted by Gasteiger charge is 2.36. The first-order valence-electron chi connectivity index (χ1n) is 7.13. The van der Waals surface area contributed by atoms with Crippen LogP contribution in [-0.4, -0.2) is 40.1 Å². The summed E-state index contributed by atoms with van der Waals surface area (Å²) in [6, 6.07) is 2.19. The highest BCUT2D eigenvalue weighted by atomic mass is 16.2. The normalized spacial score (nSPS) is 17.2. The molecule has 0 spiro atoms. The van der Waals surface area contributed by atoms with Crippen LogP contribution in [0.3, 0.4) is 0 Å². The van der Waals surface area contributed by atoms with E-state index < -0.39 is 0 Å². The van der Waals surface area contributed by atoms with Gasteiger partial charge in [0.05, 0.1) is 5.56 Å². The van der Waals surface area contributed by atoms with E-state index in [9.17, 15) is 4.79 Å². The molecule has 0 saturated heterocycles. The SMILES string of the molecule is O=C(c1cncc(C#CCO)c1)N(CC1CC1)C1CC1. The van der Waals surface area contributed by atoms with E-state index in [4.69, 9.17) is 5.11 Å². The lowest BCUT2D eigenvalue weighted by molar-refractivity contribution is 0.0734. The zero-order chi connectivity index (χ0) is 13.9. The van der Waals surface area contributed by atoms with Gasteiger partial charge in [-0.3, -0.25) is 9.78 Å². The lowest BCUT2D eigenvalue weighted by atomic mass is 10.1. The van der Waals surface area contributed by atoms with Gasteiger partial charge in [0.15, 0.2) is 0 Å². The fourth-order valence-corrected chi connectivity index (χ4v) is 2.30. The van der Waals surface area contributed by atoms with Gasteiger partial charge in [-0.05, 0) is 37.7 Å². The Kier molecular flexibility index (Phi) is 3.70. The second-order valence-corrected chi connectivity index (χ2v) is 5.55. The van der Waals surface area contributed by atoms with Crippen LogP contribution in [0.15, 0.2) is 18.5 Å². The van der Waals surface area contributed by atoms with E-state index in [0.29, 0.717) is 23.1 Å². The van der Waals surface area contributed by atoms with Crippen molar-refractivity contribution in [2.45, 2.75) is 31.7 Å². The second-order valence-electron chi connectivity index (χ2n) is 5.55. The van der Waals surface area contributed by atoms with Gasteiger partial charge in [-0.1, -0.05) is 11.8 Å². The average molecular weight is 270 g/mol. The zero-order valence-corrected chi connectivity index (χ0v) is 11.4. The Morgan fingerprint density at radius 2 is 2.15 bits per heavy atom. The molecular weight excluding hydrogens is 252 g/mol. The number of aliphatic hydroxyl groups is 1. The number of nitrogens with zero attached hydrogens (tertiary/aromatic N) is 2. The van der Waals surface area contributed by atoms with Crippen LogP contribution in [0.2, 0.25) is 0 Å². The minimum absolute atomic E-state index is 0.0690. The van der Waals surface area contributed by atoms with E-state index in [1.54, 1.807) is 18.5 Å². The first kappa shape index (κ1) is 13.1. The minimum atomic E-state index is -0.186. The van der Waals surface area contributed by atoms with Crippen molar-refractivity contribution in [2.24, 2.45) is 5.92 Å². The fraction of sp³-hybridized carbons (Fsp3) is 0.500. The van der Waals surface area contributed by atoms with Crippen molar-refractivity contribution in [3.63, 3.8) is 0 Å². The molecule has 2 aliphatic rings. The molecule has 1 amide bonds. The highest BCUT2D eigenvalue weighted by Crippen LogP contribution is 2.35. The quantitative estimate of drug-likeness (QED) is 0.842. The topological polar surface area (TPSA) is 53.4 Å². The third-order valence-electron chi connectivity index (χ3n) is 3.70. The van der Waals surface area contributed by atoms with Crippen molar-refractivity contribution in [1.82, 2.24) is 9.88 Å².